The largest absolute Gasteiger partial charge is 0.494 e. The van der Waals surface area contributed by atoms with Gasteiger partial charge in [-0.05, 0) is 37.1 Å². The fourth-order valence-electron chi connectivity index (χ4n) is 2.26. The Bertz CT molecular complexity index is 634. The molecular formula is C18H23ClN2O. The number of rotatable bonds is 8. The van der Waals surface area contributed by atoms with Crippen molar-refractivity contribution in [2.45, 2.75) is 39.7 Å². The summed E-state index contributed by atoms with van der Waals surface area (Å²) in [5.41, 5.74) is 1.93. The molecule has 0 spiro atoms. The van der Waals surface area contributed by atoms with E-state index in [2.05, 4.69) is 23.1 Å². The second-order valence-corrected chi connectivity index (χ2v) is 5.76. The van der Waals surface area contributed by atoms with Gasteiger partial charge in [0.15, 0.2) is 0 Å². The van der Waals surface area contributed by atoms with Gasteiger partial charge >= 0.3 is 0 Å². The van der Waals surface area contributed by atoms with Crippen LogP contribution in [0.4, 0.5) is 0 Å². The first-order valence-corrected chi connectivity index (χ1v) is 8.09. The molecule has 0 fully saturated rings. The summed E-state index contributed by atoms with van der Waals surface area (Å²) in [6.07, 6.45) is 7.19. The lowest BCUT2D eigenvalue weighted by molar-refractivity contribution is 0.306. The Labute approximate surface area is 137 Å². The molecule has 0 atom stereocenters. The summed E-state index contributed by atoms with van der Waals surface area (Å²) in [5, 5.41) is 0.723. The number of aromatic nitrogens is 2. The third kappa shape index (κ3) is 4.38. The zero-order valence-corrected chi connectivity index (χ0v) is 14.1. The molecule has 4 heteroatoms. The third-order valence-electron chi connectivity index (χ3n) is 3.59. The van der Waals surface area contributed by atoms with E-state index in [1.54, 1.807) is 6.08 Å². The molecule has 0 aliphatic rings. The molecule has 0 aliphatic carbocycles. The highest BCUT2D eigenvalue weighted by Crippen LogP contribution is 2.24. The predicted octanol–water partition coefficient (Wildman–Crippen LogP) is 5.11. The van der Waals surface area contributed by atoms with Gasteiger partial charge in [0, 0.05) is 11.2 Å². The van der Waals surface area contributed by atoms with Crippen molar-refractivity contribution in [2.24, 2.45) is 0 Å². The number of unbranched alkanes of at least 4 members (excludes halogenated alkanes) is 2. The lowest BCUT2D eigenvalue weighted by atomic mass is 10.2. The van der Waals surface area contributed by atoms with Crippen molar-refractivity contribution in [2.75, 3.05) is 6.61 Å². The molecule has 0 aliphatic heterocycles. The lowest BCUT2D eigenvalue weighted by Gasteiger charge is -2.10. The van der Waals surface area contributed by atoms with Gasteiger partial charge < -0.3 is 9.30 Å². The molecule has 0 bridgehead atoms. The van der Waals surface area contributed by atoms with Gasteiger partial charge in [0.2, 0.25) is 0 Å². The van der Waals surface area contributed by atoms with Crippen molar-refractivity contribution >= 4 is 17.7 Å². The molecule has 1 aromatic heterocycles. The summed E-state index contributed by atoms with van der Waals surface area (Å²) in [7, 11) is 0. The maximum absolute atomic E-state index is 6.38. The first-order chi connectivity index (χ1) is 10.6. The Kier molecular flexibility index (Phi) is 6.08. The summed E-state index contributed by atoms with van der Waals surface area (Å²) in [4.78, 5) is 4.41. The zero-order chi connectivity index (χ0) is 15.9. The van der Waals surface area contributed by atoms with E-state index in [-0.39, 0.29) is 0 Å². The van der Waals surface area contributed by atoms with Crippen molar-refractivity contribution in [3.8, 4) is 5.75 Å². The second-order valence-electron chi connectivity index (χ2n) is 5.35. The molecular weight excluding hydrogens is 296 g/mol. The van der Waals surface area contributed by atoms with E-state index in [1.807, 2.05) is 31.3 Å². The summed E-state index contributed by atoms with van der Waals surface area (Å²) in [6, 6.07) is 5.89. The van der Waals surface area contributed by atoms with Crippen LogP contribution in [0.2, 0.25) is 5.02 Å². The molecule has 0 N–H and O–H groups in total. The standard InChI is InChI=1S/C18H23ClN2O/c1-4-6-7-10-22-17-9-8-15(18(19)11-17)12-21-13-16(5-2)20-14(21)3/h5,8-9,11,13H,2,4,6-7,10,12H2,1,3H3. The molecule has 1 heterocycles. The van der Waals surface area contributed by atoms with Crippen molar-refractivity contribution in [3.63, 3.8) is 0 Å². The van der Waals surface area contributed by atoms with Crippen LogP contribution in [0.3, 0.4) is 0 Å². The van der Waals surface area contributed by atoms with Crippen LogP contribution in [0, 0.1) is 6.92 Å². The fourth-order valence-corrected chi connectivity index (χ4v) is 2.49. The van der Waals surface area contributed by atoms with Crippen molar-refractivity contribution in [1.29, 1.82) is 0 Å². The Hall–Kier alpha value is -1.74. The van der Waals surface area contributed by atoms with E-state index < -0.39 is 0 Å². The highest BCUT2D eigenvalue weighted by molar-refractivity contribution is 6.31. The number of hydrogen-bond acceptors (Lipinski definition) is 2. The van der Waals surface area contributed by atoms with E-state index in [4.69, 9.17) is 16.3 Å². The summed E-state index contributed by atoms with van der Waals surface area (Å²) in [5.74, 6) is 1.78. The van der Waals surface area contributed by atoms with Crippen LogP contribution in [0.1, 0.15) is 43.3 Å². The van der Waals surface area contributed by atoms with Crippen molar-refractivity contribution in [1.82, 2.24) is 9.55 Å². The molecule has 0 radical (unpaired) electrons. The highest BCUT2D eigenvalue weighted by atomic mass is 35.5. The van der Waals surface area contributed by atoms with Gasteiger partial charge in [-0.15, -0.1) is 0 Å². The molecule has 2 aromatic rings. The molecule has 2 rings (SSSR count). The van der Waals surface area contributed by atoms with Gasteiger partial charge in [0.1, 0.15) is 11.6 Å². The fraction of sp³-hybridized carbons (Fsp3) is 0.389. The third-order valence-corrected chi connectivity index (χ3v) is 3.94. The molecule has 0 amide bonds. The SMILES string of the molecule is C=Cc1cn(Cc2ccc(OCCCCC)cc2Cl)c(C)n1. The average molecular weight is 319 g/mol. The smallest absolute Gasteiger partial charge is 0.120 e. The first kappa shape index (κ1) is 16.6. The molecule has 0 saturated heterocycles. The van der Waals surface area contributed by atoms with Gasteiger partial charge in [-0.3, -0.25) is 0 Å². The van der Waals surface area contributed by atoms with E-state index >= 15 is 0 Å². The van der Waals surface area contributed by atoms with Crippen LogP contribution < -0.4 is 4.74 Å². The predicted molar refractivity (Wildman–Crippen MR) is 92.6 cm³/mol. The first-order valence-electron chi connectivity index (χ1n) is 7.71. The lowest BCUT2D eigenvalue weighted by Crippen LogP contribution is -2.02. The number of benzene rings is 1. The van der Waals surface area contributed by atoms with Crippen LogP contribution in [-0.4, -0.2) is 16.2 Å². The molecule has 1 aromatic carbocycles. The maximum atomic E-state index is 6.38. The van der Waals surface area contributed by atoms with Crippen molar-refractivity contribution in [3.05, 3.63) is 53.1 Å². The van der Waals surface area contributed by atoms with E-state index in [9.17, 15) is 0 Å². The molecule has 118 valence electrons. The summed E-state index contributed by atoms with van der Waals surface area (Å²) in [6.45, 7) is 9.34. The number of halogens is 1. The van der Waals surface area contributed by atoms with Crippen LogP contribution in [0.15, 0.2) is 31.0 Å². The number of imidazole rings is 1. The minimum absolute atomic E-state index is 0.696. The molecule has 22 heavy (non-hydrogen) atoms. The number of aryl methyl sites for hydroxylation is 1. The number of ether oxygens (including phenoxy) is 1. The zero-order valence-electron chi connectivity index (χ0n) is 13.3. The summed E-state index contributed by atoms with van der Waals surface area (Å²) >= 11 is 6.38. The van der Waals surface area contributed by atoms with Crippen LogP contribution in [0.25, 0.3) is 6.08 Å². The Morgan fingerprint density at radius 2 is 2.18 bits per heavy atom. The maximum Gasteiger partial charge on any atom is 0.120 e. The second kappa shape index (κ2) is 8.04. The minimum atomic E-state index is 0.696. The van der Waals surface area contributed by atoms with Crippen LogP contribution in [-0.2, 0) is 6.54 Å². The number of nitrogens with zero attached hydrogens (tertiary/aromatic N) is 2. The Balaban J connectivity index is 2.02. The molecule has 0 saturated carbocycles. The average Bonchev–Trinajstić information content (AvgIpc) is 2.86. The van der Waals surface area contributed by atoms with Crippen LogP contribution in [0.5, 0.6) is 5.75 Å². The van der Waals surface area contributed by atoms with E-state index in [0.29, 0.717) is 6.54 Å². The molecule has 3 nitrogen and oxygen atoms in total. The normalized spacial score (nSPS) is 10.7. The Morgan fingerprint density at radius 1 is 1.36 bits per heavy atom. The van der Waals surface area contributed by atoms with Crippen LogP contribution >= 0.6 is 11.6 Å². The van der Waals surface area contributed by atoms with E-state index in [0.717, 1.165) is 40.9 Å². The monoisotopic (exact) mass is 318 g/mol. The summed E-state index contributed by atoms with van der Waals surface area (Å²) < 4.78 is 7.79. The quantitative estimate of drug-likeness (QED) is 0.633. The van der Waals surface area contributed by atoms with Crippen molar-refractivity contribution < 1.29 is 4.74 Å². The van der Waals surface area contributed by atoms with E-state index in [1.165, 1.54) is 12.8 Å². The van der Waals surface area contributed by atoms with Gasteiger partial charge in [-0.25, -0.2) is 4.98 Å². The molecule has 0 unspecified atom stereocenters. The topological polar surface area (TPSA) is 27.1 Å². The number of hydrogen-bond donors (Lipinski definition) is 0. The van der Waals surface area contributed by atoms with Gasteiger partial charge in [0.05, 0.1) is 18.8 Å². The minimum Gasteiger partial charge on any atom is -0.494 e. The Morgan fingerprint density at radius 3 is 2.82 bits per heavy atom. The highest BCUT2D eigenvalue weighted by Gasteiger charge is 2.07. The van der Waals surface area contributed by atoms with Gasteiger partial charge in [-0.2, -0.15) is 0 Å². The van der Waals surface area contributed by atoms with Gasteiger partial charge in [-0.1, -0.05) is 44.0 Å². The van der Waals surface area contributed by atoms with Gasteiger partial charge in [0.25, 0.3) is 0 Å².